The van der Waals surface area contributed by atoms with E-state index in [2.05, 4.69) is 27.1 Å². The normalized spacial score (nSPS) is 9.43. The van der Waals surface area contributed by atoms with Gasteiger partial charge in [-0.25, -0.2) is 4.98 Å². The highest BCUT2D eigenvalue weighted by molar-refractivity contribution is 6.05. The Labute approximate surface area is 122 Å². The molecule has 0 saturated heterocycles. The van der Waals surface area contributed by atoms with E-state index in [9.17, 15) is 4.79 Å². The number of methoxy groups -OCH3 is 1. The van der Waals surface area contributed by atoms with Gasteiger partial charge in [0.25, 0.3) is 5.91 Å². The van der Waals surface area contributed by atoms with Crippen molar-refractivity contribution in [1.82, 2.24) is 9.97 Å². The number of nitrogens with one attached hydrogen (secondary N) is 1. The summed E-state index contributed by atoms with van der Waals surface area (Å²) in [6.45, 7) is 0.256. The van der Waals surface area contributed by atoms with E-state index >= 15 is 0 Å². The second-order valence-corrected chi connectivity index (χ2v) is 3.94. The highest BCUT2D eigenvalue weighted by Crippen LogP contribution is 2.17. The van der Waals surface area contributed by atoms with Crippen LogP contribution < -0.4 is 15.8 Å². The standard InChI is InChI=1S/C15H14N4O2/c1-21-13-10-17-9-7-12(13)15(20)19-14-6-2-4-11(18-14)5-3-8-16/h2,4,6-7,9-10H,8,16H2,1H3,(H,18,19,20). The number of rotatable bonds is 3. The third kappa shape index (κ3) is 3.78. The van der Waals surface area contributed by atoms with Gasteiger partial charge in [0, 0.05) is 6.20 Å². The van der Waals surface area contributed by atoms with E-state index in [-0.39, 0.29) is 12.5 Å². The van der Waals surface area contributed by atoms with E-state index in [0.29, 0.717) is 22.8 Å². The van der Waals surface area contributed by atoms with Crippen LogP contribution in [0.15, 0.2) is 36.7 Å². The number of hydrogen-bond donors (Lipinski definition) is 2. The van der Waals surface area contributed by atoms with Crippen molar-refractivity contribution in [2.24, 2.45) is 5.73 Å². The maximum absolute atomic E-state index is 12.2. The highest BCUT2D eigenvalue weighted by Gasteiger charge is 2.12. The van der Waals surface area contributed by atoms with Crippen LogP contribution >= 0.6 is 0 Å². The van der Waals surface area contributed by atoms with Crippen molar-refractivity contribution >= 4 is 11.7 Å². The fraction of sp³-hybridized carbons (Fsp3) is 0.133. The molecule has 0 unspecified atom stereocenters. The highest BCUT2D eigenvalue weighted by atomic mass is 16.5. The minimum atomic E-state index is -0.328. The van der Waals surface area contributed by atoms with Crippen molar-refractivity contribution in [3.8, 4) is 17.6 Å². The van der Waals surface area contributed by atoms with Gasteiger partial charge in [0.05, 0.1) is 25.4 Å². The summed E-state index contributed by atoms with van der Waals surface area (Å²) < 4.78 is 5.10. The van der Waals surface area contributed by atoms with Gasteiger partial charge in [-0.3, -0.25) is 9.78 Å². The minimum absolute atomic E-state index is 0.256. The van der Waals surface area contributed by atoms with Gasteiger partial charge in [-0.2, -0.15) is 0 Å². The zero-order chi connectivity index (χ0) is 15.1. The average molecular weight is 282 g/mol. The van der Waals surface area contributed by atoms with Gasteiger partial charge in [-0.1, -0.05) is 12.0 Å². The lowest BCUT2D eigenvalue weighted by Crippen LogP contribution is -2.14. The molecule has 2 aromatic heterocycles. The van der Waals surface area contributed by atoms with Gasteiger partial charge < -0.3 is 15.8 Å². The monoisotopic (exact) mass is 282 g/mol. The fourth-order valence-electron chi connectivity index (χ4n) is 1.63. The summed E-state index contributed by atoms with van der Waals surface area (Å²) >= 11 is 0. The molecule has 0 aromatic carbocycles. The number of nitrogens with two attached hydrogens (primary N) is 1. The summed E-state index contributed by atoms with van der Waals surface area (Å²) in [7, 11) is 1.48. The molecule has 0 spiro atoms. The summed E-state index contributed by atoms with van der Waals surface area (Å²) in [5, 5.41) is 2.69. The van der Waals surface area contributed by atoms with E-state index in [1.54, 1.807) is 24.3 Å². The Kier molecular flexibility index (Phi) is 4.85. The van der Waals surface area contributed by atoms with Crippen molar-refractivity contribution in [2.45, 2.75) is 0 Å². The Bertz CT molecular complexity index is 704. The molecule has 106 valence electrons. The van der Waals surface area contributed by atoms with E-state index < -0.39 is 0 Å². The predicted octanol–water partition coefficient (Wildman–Crippen LogP) is 1.05. The molecule has 2 aromatic rings. The number of hydrogen-bond acceptors (Lipinski definition) is 5. The molecular formula is C15H14N4O2. The first kappa shape index (κ1) is 14.5. The molecule has 6 nitrogen and oxygen atoms in total. The molecule has 0 saturated carbocycles. The maximum Gasteiger partial charge on any atom is 0.260 e. The third-order valence-electron chi connectivity index (χ3n) is 2.56. The lowest BCUT2D eigenvalue weighted by molar-refractivity contribution is 0.102. The van der Waals surface area contributed by atoms with Gasteiger partial charge in [0.2, 0.25) is 0 Å². The van der Waals surface area contributed by atoms with Crippen LogP contribution in [-0.2, 0) is 0 Å². The first-order valence-electron chi connectivity index (χ1n) is 6.20. The largest absolute Gasteiger partial charge is 0.494 e. The van der Waals surface area contributed by atoms with Gasteiger partial charge >= 0.3 is 0 Å². The Balaban J connectivity index is 2.20. The number of carbonyl (C=O) groups is 1. The second-order valence-electron chi connectivity index (χ2n) is 3.94. The molecule has 0 atom stereocenters. The van der Waals surface area contributed by atoms with Crippen LogP contribution in [0.1, 0.15) is 16.1 Å². The fourth-order valence-corrected chi connectivity index (χ4v) is 1.63. The van der Waals surface area contributed by atoms with Crippen LogP contribution in [0.4, 0.5) is 5.82 Å². The predicted molar refractivity (Wildman–Crippen MR) is 78.9 cm³/mol. The SMILES string of the molecule is COc1cnccc1C(=O)Nc1cccc(C#CCN)n1. The minimum Gasteiger partial charge on any atom is -0.494 e. The van der Waals surface area contributed by atoms with E-state index in [1.165, 1.54) is 19.5 Å². The first-order chi connectivity index (χ1) is 10.2. The second kappa shape index (κ2) is 7.03. The van der Waals surface area contributed by atoms with Crippen LogP contribution in [0.3, 0.4) is 0 Å². The molecule has 21 heavy (non-hydrogen) atoms. The molecule has 0 aliphatic heterocycles. The molecule has 0 aliphatic carbocycles. The molecule has 0 fully saturated rings. The number of nitrogens with zero attached hydrogens (tertiary/aromatic N) is 2. The Morgan fingerprint density at radius 3 is 3.05 bits per heavy atom. The van der Waals surface area contributed by atoms with Crippen molar-refractivity contribution in [3.63, 3.8) is 0 Å². The first-order valence-corrected chi connectivity index (χ1v) is 6.20. The number of ether oxygens (including phenoxy) is 1. The Hall–Kier alpha value is -2.91. The zero-order valence-electron chi connectivity index (χ0n) is 11.5. The summed E-state index contributed by atoms with van der Waals surface area (Å²) in [5.74, 6) is 5.99. The van der Waals surface area contributed by atoms with Crippen LogP contribution in [0.25, 0.3) is 0 Å². The smallest absolute Gasteiger partial charge is 0.260 e. The number of carbonyl (C=O) groups excluding carboxylic acids is 1. The van der Waals surface area contributed by atoms with Gasteiger partial charge in [0.15, 0.2) is 0 Å². The molecule has 0 aliphatic rings. The number of aromatic nitrogens is 2. The van der Waals surface area contributed by atoms with Crippen molar-refractivity contribution < 1.29 is 9.53 Å². The van der Waals surface area contributed by atoms with Crippen LogP contribution in [0.2, 0.25) is 0 Å². The summed E-state index contributed by atoms with van der Waals surface area (Å²) in [6.07, 6.45) is 3.00. The maximum atomic E-state index is 12.2. The van der Waals surface area contributed by atoms with Gasteiger partial charge in [-0.15, -0.1) is 0 Å². The number of anilines is 1. The molecule has 0 bridgehead atoms. The lowest BCUT2D eigenvalue weighted by atomic mass is 10.2. The molecule has 2 heterocycles. The van der Waals surface area contributed by atoms with E-state index in [0.717, 1.165) is 0 Å². The Morgan fingerprint density at radius 1 is 1.43 bits per heavy atom. The van der Waals surface area contributed by atoms with Crippen LogP contribution in [-0.4, -0.2) is 29.5 Å². The van der Waals surface area contributed by atoms with Crippen LogP contribution in [0, 0.1) is 11.8 Å². The van der Waals surface area contributed by atoms with E-state index in [1.807, 2.05) is 0 Å². The quantitative estimate of drug-likeness (QED) is 0.821. The topological polar surface area (TPSA) is 90.1 Å². The van der Waals surface area contributed by atoms with Crippen LogP contribution in [0.5, 0.6) is 5.75 Å². The van der Waals surface area contributed by atoms with Gasteiger partial charge in [0.1, 0.15) is 17.3 Å². The third-order valence-corrected chi connectivity index (χ3v) is 2.56. The van der Waals surface area contributed by atoms with Gasteiger partial charge in [-0.05, 0) is 24.1 Å². The average Bonchev–Trinajstić information content (AvgIpc) is 2.53. The van der Waals surface area contributed by atoms with Crippen molar-refractivity contribution in [1.29, 1.82) is 0 Å². The molecular weight excluding hydrogens is 268 g/mol. The lowest BCUT2D eigenvalue weighted by Gasteiger charge is -2.08. The van der Waals surface area contributed by atoms with Crippen molar-refractivity contribution in [3.05, 3.63) is 47.9 Å². The zero-order valence-corrected chi connectivity index (χ0v) is 11.5. The summed E-state index contributed by atoms with van der Waals surface area (Å²) in [4.78, 5) is 20.3. The van der Waals surface area contributed by atoms with E-state index in [4.69, 9.17) is 10.5 Å². The summed E-state index contributed by atoms with van der Waals surface area (Å²) in [6, 6.07) is 6.75. The molecule has 2 rings (SSSR count). The Morgan fingerprint density at radius 2 is 2.29 bits per heavy atom. The molecule has 3 N–H and O–H groups in total. The van der Waals surface area contributed by atoms with Crippen molar-refractivity contribution in [2.75, 3.05) is 19.0 Å². The number of amides is 1. The molecule has 6 heteroatoms. The molecule has 1 amide bonds. The number of pyridine rings is 2. The summed E-state index contributed by atoms with van der Waals surface area (Å²) in [5.41, 5.74) is 6.24. The molecule has 0 radical (unpaired) electrons.